The maximum Gasteiger partial charge on any atom is 0.233 e. The number of rotatable bonds is 7. The van der Waals surface area contributed by atoms with E-state index in [1.807, 2.05) is 44.3 Å². The molecule has 0 unspecified atom stereocenters. The molecule has 1 aliphatic carbocycles. The Morgan fingerprint density at radius 3 is 2.84 bits per heavy atom. The first kappa shape index (κ1) is 20.1. The van der Waals surface area contributed by atoms with Crippen LogP contribution in [0.2, 0.25) is 0 Å². The molecule has 1 atom stereocenters. The van der Waals surface area contributed by atoms with Gasteiger partial charge in [-0.1, -0.05) is 23.9 Å². The van der Waals surface area contributed by atoms with E-state index in [0.717, 1.165) is 44.6 Å². The number of aromatic nitrogens is 5. The third-order valence-electron chi connectivity index (χ3n) is 5.46. The largest absolute Gasteiger partial charge is 0.336 e. The summed E-state index contributed by atoms with van der Waals surface area (Å²) in [6, 6.07) is 12.3. The minimum Gasteiger partial charge on any atom is -0.336 e. The molecule has 0 bridgehead atoms. The number of nitrogens with zero attached hydrogens (tertiary/aromatic N) is 6. The van der Waals surface area contributed by atoms with Crippen molar-refractivity contribution in [1.82, 2.24) is 29.6 Å². The number of amides is 1. The molecule has 31 heavy (non-hydrogen) atoms. The smallest absolute Gasteiger partial charge is 0.233 e. The second kappa shape index (κ2) is 8.39. The summed E-state index contributed by atoms with van der Waals surface area (Å²) >= 11 is 3.08. The number of hydrogen-bond donors (Lipinski definition) is 0. The summed E-state index contributed by atoms with van der Waals surface area (Å²) in [5.74, 6) is 1.18. The fraction of sp³-hybridized carbons (Fsp3) is 0.318. The van der Waals surface area contributed by atoms with Gasteiger partial charge in [0.25, 0.3) is 0 Å². The van der Waals surface area contributed by atoms with Crippen molar-refractivity contribution in [1.29, 1.82) is 0 Å². The maximum absolute atomic E-state index is 12.9. The lowest BCUT2D eigenvalue weighted by molar-refractivity contribution is -0.128. The first-order valence-electron chi connectivity index (χ1n) is 10.2. The topological polar surface area (TPSA) is 76.8 Å². The third-order valence-corrected chi connectivity index (χ3v) is 7.60. The number of benzene rings is 1. The van der Waals surface area contributed by atoms with Crippen molar-refractivity contribution in [3.63, 3.8) is 0 Å². The predicted molar refractivity (Wildman–Crippen MR) is 123 cm³/mol. The van der Waals surface area contributed by atoms with E-state index in [9.17, 15) is 4.79 Å². The fourth-order valence-corrected chi connectivity index (χ4v) is 5.40. The molecule has 3 heterocycles. The van der Waals surface area contributed by atoms with Gasteiger partial charge in [-0.2, -0.15) is 0 Å². The van der Waals surface area contributed by atoms with Crippen molar-refractivity contribution in [2.24, 2.45) is 0 Å². The zero-order chi connectivity index (χ0) is 21.4. The zero-order valence-electron chi connectivity index (χ0n) is 17.3. The fourth-order valence-electron chi connectivity index (χ4n) is 3.41. The van der Waals surface area contributed by atoms with Crippen LogP contribution in [-0.2, 0) is 4.79 Å². The number of thiazole rings is 1. The van der Waals surface area contributed by atoms with Crippen molar-refractivity contribution >= 4 is 39.2 Å². The van der Waals surface area contributed by atoms with Crippen LogP contribution in [-0.4, -0.2) is 48.3 Å². The van der Waals surface area contributed by atoms with Gasteiger partial charge in [-0.3, -0.25) is 14.3 Å². The number of pyridine rings is 1. The summed E-state index contributed by atoms with van der Waals surface area (Å²) in [5.41, 5.74) is 1.92. The summed E-state index contributed by atoms with van der Waals surface area (Å²) < 4.78 is 3.30. The summed E-state index contributed by atoms with van der Waals surface area (Å²) in [7, 11) is 1.84. The first-order chi connectivity index (χ1) is 15.1. The molecule has 0 saturated heterocycles. The van der Waals surface area contributed by atoms with Crippen LogP contribution in [0.25, 0.3) is 21.6 Å². The quantitative estimate of drug-likeness (QED) is 0.383. The Labute approximate surface area is 188 Å². The molecule has 1 fully saturated rings. The Morgan fingerprint density at radius 1 is 1.26 bits per heavy atom. The number of fused-ring (bicyclic) bond motifs is 1. The molecule has 1 saturated carbocycles. The Hall–Kier alpha value is -2.78. The highest BCUT2D eigenvalue weighted by molar-refractivity contribution is 7.99. The molecule has 3 aromatic heterocycles. The second-order valence-electron chi connectivity index (χ2n) is 7.64. The number of carbonyl (C=O) groups excluding carboxylic acids is 1. The van der Waals surface area contributed by atoms with E-state index in [-0.39, 0.29) is 11.9 Å². The number of carbonyl (C=O) groups is 1. The van der Waals surface area contributed by atoms with Crippen LogP contribution in [0.4, 0.5) is 0 Å². The van der Waals surface area contributed by atoms with Crippen molar-refractivity contribution in [2.45, 2.75) is 37.0 Å². The number of thioether (sulfide) groups is 1. The molecule has 1 amide bonds. The minimum absolute atomic E-state index is 0.0463. The molecule has 7 nitrogen and oxygen atoms in total. The molecular weight excluding hydrogens is 428 g/mol. The van der Waals surface area contributed by atoms with Crippen LogP contribution in [0.15, 0.2) is 53.9 Å². The highest BCUT2D eigenvalue weighted by Gasteiger charge is 2.31. The summed E-state index contributed by atoms with van der Waals surface area (Å²) in [4.78, 5) is 23.6. The van der Waals surface area contributed by atoms with E-state index in [1.165, 1.54) is 11.8 Å². The lowest BCUT2D eigenvalue weighted by Gasteiger charge is -2.23. The Morgan fingerprint density at radius 2 is 2.10 bits per heavy atom. The summed E-state index contributed by atoms with van der Waals surface area (Å²) in [6.07, 6.45) is 5.77. The van der Waals surface area contributed by atoms with E-state index >= 15 is 0 Å². The molecule has 4 aromatic rings. The zero-order valence-corrected chi connectivity index (χ0v) is 18.9. The first-order valence-corrected chi connectivity index (χ1v) is 12.0. The van der Waals surface area contributed by atoms with Gasteiger partial charge in [0.15, 0.2) is 11.0 Å². The van der Waals surface area contributed by atoms with E-state index in [2.05, 4.69) is 25.8 Å². The Kier molecular flexibility index (Phi) is 5.45. The monoisotopic (exact) mass is 450 g/mol. The maximum atomic E-state index is 12.9. The van der Waals surface area contributed by atoms with Gasteiger partial charge in [0.1, 0.15) is 5.01 Å². The van der Waals surface area contributed by atoms with Crippen LogP contribution < -0.4 is 0 Å². The SMILES string of the molecule is C[C@H](c1nc2ccccc2s1)N(C)C(=O)CSc1nnc(-c2cccnc2)n1C1CC1. The molecular formula is C22H22N6OS2. The molecule has 0 N–H and O–H groups in total. The van der Waals surface area contributed by atoms with Gasteiger partial charge in [0, 0.05) is 31.0 Å². The average Bonchev–Trinajstić information content (AvgIpc) is 3.40. The van der Waals surface area contributed by atoms with E-state index in [4.69, 9.17) is 4.98 Å². The van der Waals surface area contributed by atoms with Crippen LogP contribution in [0.1, 0.15) is 36.9 Å². The molecule has 0 radical (unpaired) electrons. The number of para-hydroxylation sites is 1. The van der Waals surface area contributed by atoms with Gasteiger partial charge in [0.05, 0.1) is 22.0 Å². The molecule has 158 valence electrons. The minimum atomic E-state index is -0.0854. The van der Waals surface area contributed by atoms with E-state index < -0.39 is 0 Å². The van der Waals surface area contributed by atoms with E-state index in [1.54, 1.807) is 28.6 Å². The van der Waals surface area contributed by atoms with Crippen LogP contribution >= 0.6 is 23.1 Å². The van der Waals surface area contributed by atoms with Gasteiger partial charge in [-0.05, 0) is 44.0 Å². The van der Waals surface area contributed by atoms with Crippen LogP contribution in [0.3, 0.4) is 0 Å². The van der Waals surface area contributed by atoms with Gasteiger partial charge in [-0.25, -0.2) is 4.98 Å². The molecule has 1 aliphatic rings. The molecule has 5 rings (SSSR count). The van der Waals surface area contributed by atoms with Crippen molar-refractivity contribution in [3.05, 3.63) is 53.8 Å². The summed E-state index contributed by atoms with van der Waals surface area (Å²) in [5, 5.41) is 10.5. The number of hydrogen-bond acceptors (Lipinski definition) is 7. The molecule has 0 aliphatic heterocycles. The average molecular weight is 451 g/mol. The lowest BCUT2D eigenvalue weighted by Crippen LogP contribution is -2.31. The van der Waals surface area contributed by atoms with Gasteiger partial charge in [-0.15, -0.1) is 21.5 Å². The Bertz CT molecular complexity index is 1180. The third kappa shape index (κ3) is 4.07. The van der Waals surface area contributed by atoms with Crippen LogP contribution in [0.5, 0.6) is 0 Å². The van der Waals surface area contributed by atoms with Crippen molar-refractivity contribution in [2.75, 3.05) is 12.8 Å². The van der Waals surface area contributed by atoms with E-state index in [0.29, 0.717) is 11.8 Å². The molecule has 9 heteroatoms. The van der Waals surface area contributed by atoms with Crippen molar-refractivity contribution in [3.8, 4) is 11.4 Å². The highest BCUT2D eigenvalue weighted by Crippen LogP contribution is 2.41. The van der Waals surface area contributed by atoms with Crippen molar-refractivity contribution < 1.29 is 4.79 Å². The molecule has 0 spiro atoms. The summed E-state index contributed by atoms with van der Waals surface area (Å²) in [6.45, 7) is 2.02. The van der Waals surface area contributed by atoms with Gasteiger partial charge < -0.3 is 4.90 Å². The normalized spacial score (nSPS) is 14.6. The predicted octanol–water partition coefficient (Wildman–Crippen LogP) is 4.60. The Balaban J connectivity index is 1.29. The van der Waals surface area contributed by atoms with Crippen LogP contribution in [0, 0.1) is 0 Å². The highest BCUT2D eigenvalue weighted by atomic mass is 32.2. The standard InChI is InChI=1S/C22H22N6OS2/c1-14(21-24-17-7-3-4-8-18(17)31-21)27(2)19(29)13-30-22-26-25-20(28(22)16-9-10-16)15-6-5-11-23-12-15/h3-8,11-12,14,16H,9-10,13H2,1-2H3/t14-/m1/s1. The second-order valence-corrected chi connectivity index (χ2v) is 9.64. The van der Waals surface area contributed by atoms with Gasteiger partial charge in [0.2, 0.25) is 5.91 Å². The molecule has 1 aromatic carbocycles. The lowest BCUT2D eigenvalue weighted by atomic mass is 10.3. The van der Waals surface area contributed by atoms with Gasteiger partial charge >= 0.3 is 0 Å².